The molecule has 4 heterocycles. The first-order chi connectivity index (χ1) is 13.2. The summed E-state index contributed by atoms with van der Waals surface area (Å²) in [7, 11) is 0. The number of hydrogen-bond donors (Lipinski definition) is 3. The minimum atomic E-state index is -0.120. The van der Waals surface area contributed by atoms with Crippen LogP contribution >= 0.6 is 0 Å². The third-order valence-corrected chi connectivity index (χ3v) is 5.54. The molecule has 3 aromatic heterocycles. The lowest BCUT2D eigenvalue weighted by Gasteiger charge is -2.07. The number of nitrogens with zero attached hydrogens (tertiary/aromatic N) is 2. The van der Waals surface area contributed by atoms with Gasteiger partial charge in [0.15, 0.2) is 0 Å². The molecule has 3 aromatic rings. The molecule has 2 aliphatic rings. The van der Waals surface area contributed by atoms with Crippen LogP contribution in [0.25, 0.3) is 11.0 Å². The maximum Gasteiger partial charge on any atom is 0.253 e. The molecule has 1 aliphatic heterocycles. The monoisotopic (exact) mass is 363 g/mol. The highest BCUT2D eigenvalue weighted by atomic mass is 16.2. The van der Waals surface area contributed by atoms with Crippen molar-refractivity contribution in [3.63, 3.8) is 0 Å². The fourth-order valence-electron chi connectivity index (χ4n) is 3.90. The standard InChI is InChI=1S/C20H21N5O2/c26-19(13-8-14-2-1-7-25(14)11-13)24-17-9-12(17)10-23-20(27)15-3-5-21-16-4-6-22-18(15)16/h3-6,8,11-12,17,22H,1-2,7,9-10H2,(H,23,27)(H,24,26). The summed E-state index contributed by atoms with van der Waals surface area (Å²) in [5.41, 5.74) is 4.10. The van der Waals surface area contributed by atoms with Gasteiger partial charge in [0.1, 0.15) is 0 Å². The SMILES string of the molecule is O=C(NC1CC1CNC(=O)c1ccnc2cc[nH]c12)c1cc2n(c1)CCC2. The first-order valence-electron chi connectivity index (χ1n) is 9.39. The maximum atomic E-state index is 12.5. The van der Waals surface area contributed by atoms with E-state index in [9.17, 15) is 9.59 Å². The van der Waals surface area contributed by atoms with E-state index >= 15 is 0 Å². The van der Waals surface area contributed by atoms with Crippen LogP contribution in [0.3, 0.4) is 0 Å². The average molecular weight is 363 g/mol. The molecule has 0 saturated heterocycles. The highest BCUT2D eigenvalue weighted by Gasteiger charge is 2.38. The summed E-state index contributed by atoms with van der Waals surface area (Å²) in [4.78, 5) is 32.2. The van der Waals surface area contributed by atoms with Gasteiger partial charge in [-0.2, -0.15) is 0 Å². The largest absolute Gasteiger partial charge is 0.359 e. The van der Waals surface area contributed by atoms with Crippen molar-refractivity contribution in [1.29, 1.82) is 0 Å². The van der Waals surface area contributed by atoms with Crippen molar-refractivity contribution in [3.05, 3.63) is 53.6 Å². The quantitative estimate of drug-likeness (QED) is 0.646. The molecule has 27 heavy (non-hydrogen) atoms. The van der Waals surface area contributed by atoms with Crippen molar-refractivity contribution < 1.29 is 9.59 Å². The second-order valence-electron chi connectivity index (χ2n) is 7.40. The predicted molar refractivity (Wildman–Crippen MR) is 101 cm³/mol. The number of amides is 2. The van der Waals surface area contributed by atoms with Crippen LogP contribution < -0.4 is 10.6 Å². The zero-order valence-electron chi connectivity index (χ0n) is 14.9. The highest BCUT2D eigenvalue weighted by molar-refractivity contribution is 6.04. The van der Waals surface area contributed by atoms with Gasteiger partial charge in [-0.3, -0.25) is 14.6 Å². The van der Waals surface area contributed by atoms with Crippen LogP contribution in [-0.2, 0) is 13.0 Å². The van der Waals surface area contributed by atoms with E-state index in [1.54, 1.807) is 18.5 Å². The van der Waals surface area contributed by atoms with Crippen LogP contribution in [0.4, 0.5) is 0 Å². The number of hydrogen-bond acceptors (Lipinski definition) is 3. The molecular weight excluding hydrogens is 342 g/mol. The van der Waals surface area contributed by atoms with Crippen molar-refractivity contribution >= 4 is 22.8 Å². The van der Waals surface area contributed by atoms with Gasteiger partial charge in [0, 0.05) is 43.4 Å². The van der Waals surface area contributed by atoms with Gasteiger partial charge < -0.3 is 20.2 Å². The molecular formula is C20H21N5O2. The van der Waals surface area contributed by atoms with Crippen molar-refractivity contribution in [2.75, 3.05) is 6.54 Å². The van der Waals surface area contributed by atoms with E-state index in [1.807, 2.05) is 18.3 Å². The average Bonchev–Trinajstić information content (AvgIpc) is 3.05. The molecule has 3 N–H and O–H groups in total. The number of nitrogens with one attached hydrogen (secondary N) is 3. The second kappa shape index (κ2) is 6.26. The molecule has 2 unspecified atom stereocenters. The van der Waals surface area contributed by atoms with Gasteiger partial charge in [-0.05, 0) is 43.4 Å². The summed E-state index contributed by atoms with van der Waals surface area (Å²) in [6.07, 6.45) is 8.47. The zero-order valence-corrected chi connectivity index (χ0v) is 14.9. The summed E-state index contributed by atoms with van der Waals surface area (Å²) < 4.78 is 2.16. The Morgan fingerprint density at radius 3 is 3.11 bits per heavy atom. The molecule has 0 spiro atoms. The number of aryl methyl sites for hydroxylation is 2. The Bertz CT molecular complexity index is 1010. The van der Waals surface area contributed by atoms with Crippen LogP contribution in [0.2, 0.25) is 0 Å². The first kappa shape index (κ1) is 16.1. The van der Waals surface area contributed by atoms with Crippen molar-refractivity contribution in [2.45, 2.75) is 31.8 Å². The Morgan fingerprint density at radius 1 is 1.30 bits per heavy atom. The van der Waals surface area contributed by atoms with E-state index in [1.165, 1.54) is 5.69 Å². The molecule has 7 heteroatoms. The number of pyridine rings is 1. The Labute approximate surface area is 156 Å². The summed E-state index contributed by atoms with van der Waals surface area (Å²) >= 11 is 0. The number of H-pyrrole nitrogens is 1. The summed E-state index contributed by atoms with van der Waals surface area (Å²) in [5.74, 6) is 0.150. The second-order valence-corrected chi connectivity index (χ2v) is 7.40. The molecule has 1 aliphatic carbocycles. The van der Waals surface area contributed by atoms with E-state index < -0.39 is 0 Å². The van der Waals surface area contributed by atoms with Gasteiger partial charge in [0.25, 0.3) is 11.8 Å². The molecule has 7 nitrogen and oxygen atoms in total. The van der Waals surface area contributed by atoms with Crippen molar-refractivity contribution in [2.24, 2.45) is 5.92 Å². The van der Waals surface area contributed by atoms with Crippen LogP contribution in [0.1, 0.15) is 39.3 Å². The van der Waals surface area contributed by atoms with Gasteiger partial charge in [-0.15, -0.1) is 0 Å². The number of aromatic amines is 1. The number of carbonyl (C=O) groups is 2. The normalized spacial score (nSPS) is 20.4. The Hall–Kier alpha value is -3.09. The van der Waals surface area contributed by atoms with Gasteiger partial charge in [0.05, 0.1) is 22.2 Å². The lowest BCUT2D eigenvalue weighted by atomic mass is 10.2. The van der Waals surface area contributed by atoms with E-state index in [2.05, 4.69) is 25.2 Å². The van der Waals surface area contributed by atoms with Crippen LogP contribution in [0, 0.1) is 5.92 Å². The minimum Gasteiger partial charge on any atom is -0.359 e. The van der Waals surface area contributed by atoms with Crippen molar-refractivity contribution in [1.82, 2.24) is 25.2 Å². The molecule has 0 radical (unpaired) electrons. The van der Waals surface area contributed by atoms with Crippen molar-refractivity contribution in [3.8, 4) is 0 Å². The molecule has 0 bridgehead atoms. The smallest absolute Gasteiger partial charge is 0.253 e. The first-order valence-corrected chi connectivity index (χ1v) is 9.39. The summed E-state index contributed by atoms with van der Waals surface area (Å²) in [6, 6.07) is 5.69. The molecule has 2 amide bonds. The summed E-state index contributed by atoms with van der Waals surface area (Å²) in [5, 5.41) is 6.05. The number of fused-ring (bicyclic) bond motifs is 2. The molecule has 5 rings (SSSR count). The van der Waals surface area contributed by atoms with Gasteiger partial charge in [-0.1, -0.05) is 0 Å². The van der Waals surface area contributed by atoms with E-state index in [4.69, 9.17) is 0 Å². The summed E-state index contributed by atoms with van der Waals surface area (Å²) in [6.45, 7) is 1.56. The Morgan fingerprint density at radius 2 is 2.22 bits per heavy atom. The van der Waals surface area contributed by atoms with Crippen LogP contribution in [0.15, 0.2) is 36.8 Å². The molecule has 1 saturated carbocycles. The Balaban J connectivity index is 1.15. The third kappa shape index (κ3) is 2.99. The lowest BCUT2D eigenvalue weighted by Crippen LogP contribution is -2.31. The number of rotatable bonds is 5. The topological polar surface area (TPSA) is 91.8 Å². The Kier molecular flexibility index (Phi) is 3.74. The van der Waals surface area contributed by atoms with Crippen LogP contribution in [-0.4, -0.2) is 38.9 Å². The third-order valence-electron chi connectivity index (χ3n) is 5.54. The van der Waals surface area contributed by atoms with E-state index in [-0.39, 0.29) is 23.8 Å². The highest BCUT2D eigenvalue weighted by Crippen LogP contribution is 2.30. The van der Waals surface area contributed by atoms with E-state index in [0.29, 0.717) is 12.1 Å². The molecule has 138 valence electrons. The molecule has 1 fully saturated rings. The zero-order chi connectivity index (χ0) is 18.4. The van der Waals surface area contributed by atoms with Crippen LogP contribution in [0.5, 0.6) is 0 Å². The maximum absolute atomic E-state index is 12.5. The van der Waals surface area contributed by atoms with E-state index in [0.717, 1.165) is 42.4 Å². The lowest BCUT2D eigenvalue weighted by molar-refractivity contribution is 0.0949. The molecule has 2 atom stereocenters. The van der Waals surface area contributed by atoms with Gasteiger partial charge in [-0.25, -0.2) is 0 Å². The number of carbonyl (C=O) groups excluding carboxylic acids is 2. The molecule has 0 aromatic carbocycles. The number of aromatic nitrogens is 3. The van der Waals surface area contributed by atoms with Gasteiger partial charge >= 0.3 is 0 Å². The fourth-order valence-corrected chi connectivity index (χ4v) is 3.90. The fraction of sp³-hybridized carbons (Fsp3) is 0.350. The predicted octanol–water partition coefficient (Wildman–Crippen LogP) is 1.86. The van der Waals surface area contributed by atoms with Gasteiger partial charge in [0.2, 0.25) is 0 Å². The minimum absolute atomic E-state index is 0.0158.